The van der Waals surface area contributed by atoms with Crippen LogP contribution in [-0.2, 0) is 17.1 Å². The predicted octanol–water partition coefficient (Wildman–Crippen LogP) is 3.78. The molecule has 4 rings (SSSR count). The maximum absolute atomic E-state index is 13.2. The number of amides is 1. The largest absolute Gasteiger partial charge is 0.354 e. The Morgan fingerprint density at radius 3 is 2.66 bits per heavy atom. The highest BCUT2D eigenvalue weighted by molar-refractivity contribution is 7.98. The number of aromatic nitrogens is 4. The summed E-state index contributed by atoms with van der Waals surface area (Å²) in [5.74, 6) is 0.583. The number of carbonyl (C=O) groups excluding carboxylic acids is 1. The average molecular weight is 454 g/mol. The van der Waals surface area contributed by atoms with Gasteiger partial charge in [-0.2, -0.15) is 0 Å². The summed E-state index contributed by atoms with van der Waals surface area (Å²) in [6.45, 7) is 4.15. The van der Waals surface area contributed by atoms with E-state index in [0.717, 1.165) is 12.0 Å². The molecule has 2 aromatic heterocycles. The van der Waals surface area contributed by atoms with Crippen molar-refractivity contribution in [1.29, 1.82) is 0 Å². The van der Waals surface area contributed by atoms with Crippen LogP contribution in [0.2, 0.25) is 0 Å². The van der Waals surface area contributed by atoms with Gasteiger partial charge in [-0.15, -0.1) is 10.2 Å². The Balaban J connectivity index is 1.69. The van der Waals surface area contributed by atoms with E-state index in [0.29, 0.717) is 27.6 Å². The molecule has 1 N–H and O–H groups in total. The first-order valence-corrected chi connectivity index (χ1v) is 11.5. The third-order valence-corrected chi connectivity index (χ3v) is 6.34. The van der Waals surface area contributed by atoms with E-state index in [2.05, 4.69) is 15.5 Å². The molecule has 0 aliphatic rings. The number of rotatable bonds is 8. The minimum Gasteiger partial charge on any atom is -0.354 e. The van der Waals surface area contributed by atoms with Crippen molar-refractivity contribution in [3.05, 3.63) is 70.3 Å². The van der Waals surface area contributed by atoms with Gasteiger partial charge in [-0.05, 0) is 43.2 Å². The minimum absolute atomic E-state index is 0.0819. The Morgan fingerprint density at radius 2 is 1.91 bits per heavy atom. The second kappa shape index (κ2) is 9.52. The van der Waals surface area contributed by atoms with Gasteiger partial charge in [0.15, 0.2) is 5.16 Å². The molecule has 166 valence electrons. The summed E-state index contributed by atoms with van der Waals surface area (Å²) in [5.41, 5.74) is 1.46. The van der Waals surface area contributed by atoms with Gasteiger partial charge in [-0.1, -0.05) is 43.0 Å². The summed E-state index contributed by atoms with van der Waals surface area (Å²) in [4.78, 5) is 25.4. The summed E-state index contributed by atoms with van der Waals surface area (Å²) < 4.78 is 16.5. The highest BCUT2D eigenvalue weighted by Gasteiger charge is 2.17. The van der Waals surface area contributed by atoms with Crippen LogP contribution in [0.15, 0.2) is 58.5 Å². The van der Waals surface area contributed by atoms with E-state index in [-0.39, 0.29) is 36.3 Å². The molecule has 0 saturated heterocycles. The first kappa shape index (κ1) is 22.0. The zero-order chi connectivity index (χ0) is 22.7. The van der Waals surface area contributed by atoms with E-state index in [9.17, 15) is 14.0 Å². The topological polar surface area (TPSA) is 81.3 Å². The van der Waals surface area contributed by atoms with Crippen LogP contribution in [0.3, 0.4) is 0 Å². The molecule has 2 aromatic carbocycles. The van der Waals surface area contributed by atoms with Gasteiger partial charge in [-0.25, -0.2) is 4.39 Å². The molecule has 0 spiro atoms. The van der Waals surface area contributed by atoms with Gasteiger partial charge in [0.1, 0.15) is 5.82 Å². The smallest absolute Gasteiger partial charge is 0.262 e. The lowest BCUT2D eigenvalue weighted by Gasteiger charge is -2.13. The molecule has 0 aliphatic carbocycles. The third kappa shape index (κ3) is 4.52. The standard InChI is InChI=1S/C23H24FN5O2S/c1-3-15(2)25-20(30)12-13-28-21(31)18-6-4-5-7-19(18)29-22(28)26-27-23(29)32-14-16-8-10-17(24)11-9-16/h4-11,15H,3,12-14H2,1-2H3,(H,25,30)/t15-/m0/s1. The fourth-order valence-corrected chi connectivity index (χ4v) is 4.32. The second-order valence-corrected chi connectivity index (χ2v) is 8.58. The Morgan fingerprint density at radius 1 is 1.16 bits per heavy atom. The fraction of sp³-hybridized carbons (Fsp3) is 0.304. The Labute approximate surface area is 188 Å². The maximum Gasteiger partial charge on any atom is 0.262 e. The summed E-state index contributed by atoms with van der Waals surface area (Å²) in [7, 11) is 0. The van der Waals surface area contributed by atoms with Crippen molar-refractivity contribution >= 4 is 34.3 Å². The molecule has 0 bridgehead atoms. The summed E-state index contributed by atoms with van der Waals surface area (Å²) in [5, 5.41) is 12.7. The molecule has 2 heterocycles. The highest BCUT2D eigenvalue weighted by atomic mass is 32.2. The van der Waals surface area contributed by atoms with Crippen LogP contribution in [0.4, 0.5) is 4.39 Å². The number of fused-ring (bicyclic) bond motifs is 3. The van der Waals surface area contributed by atoms with Gasteiger partial charge in [0.05, 0.1) is 10.9 Å². The van der Waals surface area contributed by atoms with Crippen molar-refractivity contribution in [2.75, 3.05) is 0 Å². The zero-order valence-corrected chi connectivity index (χ0v) is 18.7. The molecule has 0 aliphatic heterocycles. The molecule has 0 unspecified atom stereocenters. The van der Waals surface area contributed by atoms with Crippen LogP contribution in [0.1, 0.15) is 32.3 Å². The van der Waals surface area contributed by atoms with Crippen LogP contribution in [0.5, 0.6) is 0 Å². The van der Waals surface area contributed by atoms with E-state index in [1.807, 2.05) is 36.4 Å². The van der Waals surface area contributed by atoms with Crippen molar-refractivity contribution in [2.24, 2.45) is 0 Å². The van der Waals surface area contributed by atoms with Crippen LogP contribution in [0, 0.1) is 5.82 Å². The number of para-hydroxylation sites is 1. The van der Waals surface area contributed by atoms with Crippen molar-refractivity contribution in [3.63, 3.8) is 0 Å². The number of thioether (sulfide) groups is 1. The number of nitrogens with one attached hydrogen (secondary N) is 1. The summed E-state index contributed by atoms with van der Waals surface area (Å²) in [6, 6.07) is 13.7. The molecule has 0 radical (unpaired) electrons. The quantitative estimate of drug-likeness (QED) is 0.411. The first-order chi connectivity index (χ1) is 15.5. The van der Waals surface area contributed by atoms with E-state index < -0.39 is 0 Å². The summed E-state index contributed by atoms with van der Waals surface area (Å²) in [6.07, 6.45) is 1.01. The molecule has 1 amide bonds. The molecule has 9 heteroatoms. The Hall–Kier alpha value is -3.20. The molecule has 1 atom stereocenters. The van der Waals surface area contributed by atoms with E-state index in [1.165, 1.54) is 28.5 Å². The Bertz CT molecular complexity index is 1320. The van der Waals surface area contributed by atoms with Gasteiger partial charge >= 0.3 is 0 Å². The van der Waals surface area contributed by atoms with E-state index in [1.54, 1.807) is 18.2 Å². The molecule has 4 aromatic rings. The number of aryl methyl sites for hydroxylation is 1. The predicted molar refractivity (Wildman–Crippen MR) is 123 cm³/mol. The van der Waals surface area contributed by atoms with E-state index >= 15 is 0 Å². The second-order valence-electron chi connectivity index (χ2n) is 7.63. The molecule has 0 saturated carbocycles. The average Bonchev–Trinajstić information content (AvgIpc) is 3.22. The SMILES string of the molecule is CC[C@H](C)NC(=O)CCn1c(=O)c2ccccc2n2c(SCc3ccc(F)cc3)nnc12. The molecular weight excluding hydrogens is 429 g/mol. The lowest BCUT2D eigenvalue weighted by Crippen LogP contribution is -2.33. The normalized spacial score (nSPS) is 12.3. The molecule has 0 fully saturated rings. The lowest BCUT2D eigenvalue weighted by atomic mass is 10.2. The molecular formula is C23H24FN5O2S. The van der Waals surface area contributed by atoms with Crippen LogP contribution < -0.4 is 10.9 Å². The lowest BCUT2D eigenvalue weighted by molar-refractivity contribution is -0.121. The number of hydrogen-bond acceptors (Lipinski definition) is 5. The number of benzene rings is 2. The van der Waals surface area contributed by atoms with Crippen molar-refractivity contribution in [3.8, 4) is 0 Å². The van der Waals surface area contributed by atoms with Crippen molar-refractivity contribution in [1.82, 2.24) is 24.5 Å². The maximum atomic E-state index is 13.2. The van der Waals surface area contributed by atoms with Crippen LogP contribution in [-0.4, -0.2) is 31.1 Å². The monoisotopic (exact) mass is 453 g/mol. The number of halogens is 1. The third-order valence-electron chi connectivity index (χ3n) is 5.34. The minimum atomic E-state index is -0.279. The number of carbonyl (C=O) groups is 1. The Kier molecular flexibility index (Phi) is 6.55. The van der Waals surface area contributed by atoms with Gasteiger partial charge in [0.25, 0.3) is 5.56 Å². The zero-order valence-electron chi connectivity index (χ0n) is 17.9. The fourth-order valence-electron chi connectivity index (χ4n) is 3.42. The molecule has 32 heavy (non-hydrogen) atoms. The van der Waals surface area contributed by atoms with E-state index in [4.69, 9.17) is 0 Å². The van der Waals surface area contributed by atoms with Crippen LogP contribution >= 0.6 is 11.8 Å². The van der Waals surface area contributed by atoms with Gasteiger partial charge in [0.2, 0.25) is 11.7 Å². The van der Waals surface area contributed by atoms with Crippen molar-refractivity contribution < 1.29 is 9.18 Å². The van der Waals surface area contributed by atoms with Crippen molar-refractivity contribution in [2.45, 2.75) is 50.2 Å². The first-order valence-electron chi connectivity index (χ1n) is 10.5. The summed E-state index contributed by atoms with van der Waals surface area (Å²) >= 11 is 1.45. The highest BCUT2D eigenvalue weighted by Crippen LogP contribution is 2.24. The van der Waals surface area contributed by atoms with Crippen LogP contribution in [0.25, 0.3) is 16.7 Å². The van der Waals surface area contributed by atoms with Gasteiger partial charge in [0, 0.05) is 24.8 Å². The van der Waals surface area contributed by atoms with Gasteiger partial charge < -0.3 is 5.32 Å². The number of hydrogen-bond donors (Lipinski definition) is 1. The van der Waals surface area contributed by atoms with Gasteiger partial charge in [-0.3, -0.25) is 18.6 Å². The molecule has 7 nitrogen and oxygen atoms in total. The number of nitrogens with zero attached hydrogens (tertiary/aromatic N) is 4.